The molecular weight excluding hydrogens is 268 g/mol. The van der Waals surface area contributed by atoms with E-state index in [-0.39, 0.29) is 5.41 Å². The number of hydrogen-bond donors (Lipinski definition) is 0. The number of aldehydes is 1. The van der Waals surface area contributed by atoms with Crippen LogP contribution in [-0.2, 0) is 5.41 Å². The third kappa shape index (κ3) is 3.22. The average molecular weight is 294 g/mol. The lowest BCUT2D eigenvalue weighted by Gasteiger charge is -2.35. The summed E-state index contributed by atoms with van der Waals surface area (Å²) in [5, 5.41) is 1.05. The molecule has 112 valence electrons. The van der Waals surface area contributed by atoms with Gasteiger partial charge in [0, 0.05) is 18.0 Å². The molecule has 1 atom stereocenters. The number of piperidine rings is 1. The van der Waals surface area contributed by atoms with Gasteiger partial charge in [-0.15, -0.1) is 0 Å². The van der Waals surface area contributed by atoms with Crippen LogP contribution in [0.4, 0.5) is 5.13 Å². The molecular formula is C16H26N2OS. The third-order valence-corrected chi connectivity index (χ3v) is 4.97. The van der Waals surface area contributed by atoms with Gasteiger partial charge < -0.3 is 4.90 Å². The average Bonchev–Trinajstić information content (AvgIpc) is 2.84. The molecule has 1 aliphatic rings. The smallest absolute Gasteiger partial charge is 0.186 e. The summed E-state index contributed by atoms with van der Waals surface area (Å²) in [4.78, 5) is 19.4. The van der Waals surface area contributed by atoms with Crippen molar-refractivity contribution in [2.45, 2.75) is 71.3 Å². The van der Waals surface area contributed by atoms with Crippen molar-refractivity contribution in [3.05, 3.63) is 10.6 Å². The second-order valence-electron chi connectivity index (χ2n) is 6.71. The highest BCUT2D eigenvalue weighted by Gasteiger charge is 2.28. The molecule has 1 aromatic rings. The Morgan fingerprint density at radius 3 is 2.70 bits per heavy atom. The Morgan fingerprint density at radius 2 is 2.15 bits per heavy atom. The van der Waals surface area contributed by atoms with E-state index in [1.807, 2.05) is 0 Å². The zero-order valence-corrected chi connectivity index (χ0v) is 13.9. The minimum atomic E-state index is -0.0684. The Balaban J connectivity index is 2.31. The summed E-state index contributed by atoms with van der Waals surface area (Å²) in [6.07, 6.45) is 7.22. The molecule has 0 spiro atoms. The molecule has 0 N–H and O–H groups in total. The standard InChI is InChI=1S/C16H26N2OS/c1-5-8-12-9-6-7-10-18(12)15-17-14(16(2,3)4)13(11-19)20-15/h11-12H,5-10H2,1-4H3. The van der Waals surface area contributed by atoms with E-state index < -0.39 is 0 Å². The predicted molar refractivity (Wildman–Crippen MR) is 86.1 cm³/mol. The number of hydrogen-bond acceptors (Lipinski definition) is 4. The van der Waals surface area contributed by atoms with Gasteiger partial charge in [0.25, 0.3) is 0 Å². The van der Waals surface area contributed by atoms with Crippen molar-refractivity contribution in [3.8, 4) is 0 Å². The van der Waals surface area contributed by atoms with Crippen LogP contribution in [0.2, 0.25) is 0 Å². The van der Waals surface area contributed by atoms with Crippen LogP contribution in [0.5, 0.6) is 0 Å². The zero-order chi connectivity index (χ0) is 14.8. The van der Waals surface area contributed by atoms with Crippen LogP contribution in [0.15, 0.2) is 0 Å². The maximum atomic E-state index is 11.3. The molecule has 0 saturated carbocycles. The largest absolute Gasteiger partial charge is 0.345 e. The number of carbonyl (C=O) groups is 1. The fourth-order valence-electron chi connectivity index (χ4n) is 2.95. The summed E-state index contributed by atoms with van der Waals surface area (Å²) in [7, 11) is 0. The first-order valence-electron chi connectivity index (χ1n) is 7.70. The van der Waals surface area contributed by atoms with Gasteiger partial charge in [-0.25, -0.2) is 4.98 Å². The highest BCUT2D eigenvalue weighted by molar-refractivity contribution is 7.17. The van der Waals surface area contributed by atoms with Crippen molar-refractivity contribution in [3.63, 3.8) is 0 Å². The Morgan fingerprint density at radius 1 is 1.40 bits per heavy atom. The second-order valence-corrected chi connectivity index (χ2v) is 7.72. The van der Waals surface area contributed by atoms with E-state index >= 15 is 0 Å². The predicted octanol–water partition coefficient (Wildman–Crippen LogP) is 4.41. The maximum Gasteiger partial charge on any atom is 0.186 e. The van der Waals surface area contributed by atoms with Crippen LogP contribution in [0.3, 0.4) is 0 Å². The lowest BCUT2D eigenvalue weighted by molar-refractivity contribution is 0.112. The zero-order valence-electron chi connectivity index (χ0n) is 13.1. The van der Waals surface area contributed by atoms with Crippen molar-refractivity contribution >= 4 is 22.8 Å². The molecule has 1 saturated heterocycles. The molecule has 3 nitrogen and oxygen atoms in total. The molecule has 0 aromatic carbocycles. The highest BCUT2D eigenvalue weighted by atomic mass is 32.1. The SMILES string of the molecule is CCCC1CCCCN1c1nc(C(C)(C)C)c(C=O)s1. The summed E-state index contributed by atoms with van der Waals surface area (Å²) in [6.45, 7) is 9.70. The van der Waals surface area contributed by atoms with Crippen LogP contribution in [-0.4, -0.2) is 23.9 Å². The Bertz CT molecular complexity index is 460. The first-order valence-corrected chi connectivity index (χ1v) is 8.52. The van der Waals surface area contributed by atoms with Gasteiger partial charge in [0.2, 0.25) is 0 Å². The number of anilines is 1. The van der Waals surface area contributed by atoms with Gasteiger partial charge in [-0.05, 0) is 25.7 Å². The molecule has 1 unspecified atom stereocenters. The third-order valence-electron chi connectivity index (χ3n) is 3.95. The first kappa shape index (κ1) is 15.5. The summed E-state index contributed by atoms with van der Waals surface area (Å²) < 4.78 is 0. The summed E-state index contributed by atoms with van der Waals surface area (Å²) in [6, 6.07) is 0.604. The topological polar surface area (TPSA) is 33.2 Å². The van der Waals surface area contributed by atoms with Gasteiger partial charge in [-0.3, -0.25) is 4.79 Å². The number of thiazole rings is 1. The minimum Gasteiger partial charge on any atom is -0.345 e. The van der Waals surface area contributed by atoms with E-state index in [4.69, 9.17) is 4.98 Å². The van der Waals surface area contributed by atoms with Gasteiger partial charge >= 0.3 is 0 Å². The summed E-state index contributed by atoms with van der Waals surface area (Å²) in [5.74, 6) is 0. The van der Waals surface area contributed by atoms with Gasteiger partial charge in [0.1, 0.15) is 0 Å². The molecule has 2 heterocycles. The fourth-order valence-corrected chi connectivity index (χ4v) is 4.13. The Hall–Kier alpha value is -0.900. The lowest BCUT2D eigenvalue weighted by Crippen LogP contribution is -2.39. The molecule has 0 radical (unpaired) electrons. The molecule has 0 amide bonds. The molecule has 0 bridgehead atoms. The maximum absolute atomic E-state index is 11.3. The van der Waals surface area contributed by atoms with E-state index in [0.29, 0.717) is 6.04 Å². The lowest BCUT2D eigenvalue weighted by atomic mass is 9.91. The molecule has 4 heteroatoms. The number of nitrogens with zero attached hydrogens (tertiary/aromatic N) is 2. The van der Waals surface area contributed by atoms with Gasteiger partial charge in [0.15, 0.2) is 11.4 Å². The van der Waals surface area contributed by atoms with Gasteiger partial charge in [-0.2, -0.15) is 0 Å². The van der Waals surface area contributed by atoms with Crippen molar-refractivity contribution in [1.82, 2.24) is 4.98 Å². The van der Waals surface area contributed by atoms with E-state index in [9.17, 15) is 4.79 Å². The Kier molecular flexibility index (Phi) is 4.84. The van der Waals surface area contributed by atoms with Crippen LogP contribution in [0.25, 0.3) is 0 Å². The van der Waals surface area contributed by atoms with Crippen LogP contribution < -0.4 is 4.90 Å². The van der Waals surface area contributed by atoms with Crippen molar-refractivity contribution < 1.29 is 4.79 Å². The highest BCUT2D eigenvalue weighted by Crippen LogP contribution is 2.36. The monoisotopic (exact) mass is 294 g/mol. The van der Waals surface area contributed by atoms with Crippen molar-refractivity contribution in [1.29, 1.82) is 0 Å². The van der Waals surface area contributed by atoms with Crippen molar-refractivity contribution in [2.75, 3.05) is 11.4 Å². The number of rotatable bonds is 4. The minimum absolute atomic E-state index is 0.0684. The first-order chi connectivity index (χ1) is 9.47. The van der Waals surface area contributed by atoms with E-state index in [1.165, 1.54) is 32.1 Å². The number of carbonyl (C=O) groups excluding carboxylic acids is 1. The molecule has 1 aromatic heterocycles. The second kappa shape index (κ2) is 6.25. The van der Waals surface area contributed by atoms with Crippen molar-refractivity contribution in [2.24, 2.45) is 0 Å². The Labute approximate surface area is 126 Å². The number of aromatic nitrogens is 1. The summed E-state index contributed by atoms with van der Waals surface area (Å²) in [5.41, 5.74) is 0.884. The quantitative estimate of drug-likeness (QED) is 0.771. The normalized spacial score (nSPS) is 20.2. The molecule has 1 aliphatic heterocycles. The van der Waals surface area contributed by atoms with Gasteiger partial charge in [-0.1, -0.05) is 45.5 Å². The fraction of sp³-hybridized carbons (Fsp3) is 0.750. The molecule has 0 aliphatic carbocycles. The van der Waals surface area contributed by atoms with E-state index in [2.05, 4.69) is 32.6 Å². The molecule has 1 fully saturated rings. The van der Waals surface area contributed by atoms with Crippen LogP contribution in [0.1, 0.15) is 75.2 Å². The molecule has 2 rings (SSSR count). The molecule has 20 heavy (non-hydrogen) atoms. The van der Waals surface area contributed by atoms with E-state index in [0.717, 1.165) is 28.5 Å². The van der Waals surface area contributed by atoms with E-state index in [1.54, 1.807) is 11.3 Å². The van der Waals surface area contributed by atoms with Crippen LogP contribution >= 0.6 is 11.3 Å². The van der Waals surface area contributed by atoms with Gasteiger partial charge in [0.05, 0.1) is 10.6 Å². The summed E-state index contributed by atoms with van der Waals surface area (Å²) >= 11 is 1.57. The van der Waals surface area contributed by atoms with Crippen LogP contribution in [0, 0.1) is 0 Å².